The summed E-state index contributed by atoms with van der Waals surface area (Å²) < 4.78 is 0. The summed E-state index contributed by atoms with van der Waals surface area (Å²) in [7, 11) is 0. The van der Waals surface area contributed by atoms with Gasteiger partial charge in [-0.2, -0.15) is 0 Å². The zero-order chi connectivity index (χ0) is 17.0. The van der Waals surface area contributed by atoms with Crippen LogP contribution in [0, 0.1) is 5.41 Å². The van der Waals surface area contributed by atoms with E-state index in [0.717, 1.165) is 44.7 Å². The minimum Gasteiger partial charge on any atom is -0.374 e. The van der Waals surface area contributed by atoms with Crippen molar-refractivity contribution >= 4 is 5.91 Å². The zero-order valence-electron chi connectivity index (χ0n) is 15.3. The predicted molar refractivity (Wildman–Crippen MR) is 97.1 cm³/mol. The lowest BCUT2D eigenvalue weighted by atomic mass is 9.72. The highest BCUT2D eigenvalue weighted by Gasteiger charge is 2.27. The highest BCUT2D eigenvalue weighted by molar-refractivity contribution is 5.88. The molecule has 23 heavy (non-hydrogen) atoms. The standard InChI is InChI=1S/C20H32N2O/c1-16(2)21-12-7-13-22(15-14-21)19(23)10-9-18-17(3)8-6-11-20(18,4)5/h9-10H,1,6-8,11-15H2,2-5H3/b10-9+. The molecule has 1 saturated heterocycles. The van der Waals surface area contributed by atoms with Crippen LogP contribution in [0.3, 0.4) is 0 Å². The summed E-state index contributed by atoms with van der Waals surface area (Å²) in [4.78, 5) is 16.8. The Kier molecular flexibility index (Phi) is 5.72. The van der Waals surface area contributed by atoms with Crippen molar-refractivity contribution in [2.75, 3.05) is 26.2 Å². The summed E-state index contributed by atoms with van der Waals surface area (Å²) in [6.45, 7) is 16.4. The van der Waals surface area contributed by atoms with Gasteiger partial charge < -0.3 is 9.80 Å². The Bertz CT molecular complexity index is 528. The lowest BCUT2D eigenvalue weighted by molar-refractivity contribution is -0.125. The van der Waals surface area contributed by atoms with Gasteiger partial charge in [-0.1, -0.05) is 32.1 Å². The molecular formula is C20H32N2O. The van der Waals surface area contributed by atoms with Crippen molar-refractivity contribution in [1.29, 1.82) is 0 Å². The normalized spacial score (nSPS) is 22.4. The van der Waals surface area contributed by atoms with Crippen molar-refractivity contribution in [3.05, 3.63) is 35.6 Å². The van der Waals surface area contributed by atoms with Gasteiger partial charge >= 0.3 is 0 Å². The molecular weight excluding hydrogens is 284 g/mol. The molecule has 0 aromatic rings. The lowest BCUT2D eigenvalue weighted by Crippen LogP contribution is -2.33. The Hall–Kier alpha value is -1.51. The molecule has 0 aromatic carbocycles. The van der Waals surface area contributed by atoms with Crippen LogP contribution in [0.5, 0.6) is 0 Å². The van der Waals surface area contributed by atoms with Crippen LogP contribution in [-0.4, -0.2) is 41.9 Å². The molecule has 0 unspecified atom stereocenters. The molecule has 3 heteroatoms. The molecule has 0 aromatic heterocycles. The molecule has 0 atom stereocenters. The Morgan fingerprint density at radius 3 is 2.43 bits per heavy atom. The van der Waals surface area contributed by atoms with Crippen molar-refractivity contribution in [2.45, 2.75) is 53.4 Å². The number of amides is 1. The van der Waals surface area contributed by atoms with Crippen LogP contribution < -0.4 is 0 Å². The van der Waals surface area contributed by atoms with Crippen molar-refractivity contribution in [3.8, 4) is 0 Å². The molecule has 1 aliphatic heterocycles. The van der Waals surface area contributed by atoms with Crippen molar-refractivity contribution in [3.63, 3.8) is 0 Å². The Balaban J connectivity index is 2.02. The first-order valence-electron chi connectivity index (χ1n) is 8.89. The van der Waals surface area contributed by atoms with Crippen LogP contribution in [0.15, 0.2) is 35.6 Å². The van der Waals surface area contributed by atoms with Crippen LogP contribution in [0.4, 0.5) is 0 Å². The van der Waals surface area contributed by atoms with E-state index in [2.05, 4.69) is 38.3 Å². The third-order valence-electron chi connectivity index (χ3n) is 5.28. The first-order valence-corrected chi connectivity index (χ1v) is 8.89. The zero-order valence-corrected chi connectivity index (χ0v) is 15.3. The van der Waals surface area contributed by atoms with Gasteiger partial charge in [0.2, 0.25) is 5.91 Å². The lowest BCUT2D eigenvalue weighted by Gasteiger charge is -2.33. The second kappa shape index (κ2) is 7.37. The fraction of sp³-hybridized carbons (Fsp3) is 0.650. The smallest absolute Gasteiger partial charge is 0.246 e. The Morgan fingerprint density at radius 1 is 1.13 bits per heavy atom. The minimum absolute atomic E-state index is 0.148. The molecule has 1 amide bonds. The number of allylic oxidation sites excluding steroid dienone is 4. The van der Waals surface area contributed by atoms with Crippen LogP contribution in [0.2, 0.25) is 0 Å². The SMILES string of the molecule is C=C(C)N1CCCN(C(=O)/C=C/C2=C(C)CCCC2(C)C)CC1. The third-order valence-corrected chi connectivity index (χ3v) is 5.28. The van der Waals surface area contributed by atoms with Crippen LogP contribution >= 0.6 is 0 Å². The number of rotatable bonds is 3. The highest BCUT2D eigenvalue weighted by atomic mass is 16.2. The van der Waals surface area contributed by atoms with Gasteiger partial charge in [-0.25, -0.2) is 0 Å². The summed E-state index contributed by atoms with van der Waals surface area (Å²) in [5, 5.41) is 0. The van der Waals surface area contributed by atoms with Gasteiger partial charge in [0.15, 0.2) is 0 Å². The van der Waals surface area contributed by atoms with Crippen LogP contribution in [0.1, 0.15) is 53.4 Å². The van der Waals surface area contributed by atoms with E-state index in [9.17, 15) is 4.79 Å². The van der Waals surface area contributed by atoms with E-state index in [1.165, 1.54) is 24.0 Å². The maximum Gasteiger partial charge on any atom is 0.246 e. The number of carbonyl (C=O) groups is 1. The summed E-state index contributed by atoms with van der Waals surface area (Å²) in [5.41, 5.74) is 4.08. The topological polar surface area (TPSA) is 23.6 Å². The van der Waals surface area contributed by atoms with Gasteiger partial charge in [-0.3, -0.25) is 4.79 Å². The third kappa shape index (κ3) is 4.49. The maximum atomic E-state index is 12.6. The number of hydrogen-bond acceptors (Lipinski definition) is 2. The average molecular weight is 316 g/mol. The summed E-state index contributed by atoms with van der Waals surface area (Å²) in [6.07, 6.45) is 8.51. The first kappa shape index (κ1) is 17.8. The number of carbonyl (C=O) groups excluding carboxylic acids is 1. The van der Waals surface area contributed by atoms with Gasteiger partial charge in [-0.15, -0.1) is 0 Å². The fourth-order valence-corrected chi connectivity index (χ4v) is 3.79. The molecule has 0 spiro atoms. The molecule has 0 N–H and O–H groups in total. The molecule has 1 fully saturated rings. The Labute approximate surface area is 141 Å². The summed E-state index contributed by atoms with van der Waals surface area (Å²) in [5.74, 6) is 0.148. The molecule has 1 aliphatic carbocycles. The largest absolute Gasteiger partial charge is 0.374 e. The molecule has 0 bridgehead atoms. The summed E-state index contributed by atoms with van der Waals surface area (Å²) in [6, 6.07) is 0. The Morgan fingerprint density at radius 2 is 1.78 bits per heavy atom. The van der Waals surface area contributed by atoms with Crippen molar-refractivity contribution in [1.82, 2.24) is 9.80 Å². The number of hydrogen-bond donors (Lipinski definition) is 0. The van der Waals surface area contributed by atoms with E-state index >= 15 is 0 Å². The summed E-state index contributed by atoms with van der Waals surface area (Å²) >= 11 is 0. The number of nitrogens with zero attached hydrogens (tertiary/aromatic N) is 2. The van der Waals surface area contributed by atoms with Gasteiger partial charge in [0.1, 0.15) is 0 Å². The average Bonchev–Trinajstić information content (AvgIpc) is 2.71. The van der Waals surface area contributed by atoms with Gasteiger partial charge in [-0.05, 0) is 50.5 Å². The fourth-order valence-electron chi connectivity index (χ4n) is 3.79. The van der Waals surface area contributed by atoms with Crippen LogP contribution in [-0.2, 0) is 4.79 Å². The van der Waals surface area contributed by atoms with Gasteiger partial charge in [0, 0.05) is 38.0 Å². The molecule has 2 rings (SSSR count). The van der Waals surface area contributed by atoms with E-state index in [4.69, 9.17) is 0 Å². The van der Waals surface area contributed by atoms with Crippen molar-refractivity contribution < 1.29 is 4.79 Å². The molecule has 0 radical (unpaired) electrons. The molecule has 3 nitrogen and oxygen atoms in total. The van der Waals surface area contributed by atoms with E-state index in [-0.39, 0.29) is 11.3 Å². The second-order valence-electron chi connectivity index (χ2n) is 7.67. The van der Waals surface area contributed by atoms with Crippen molar-refractivity contribution in [2.24, 2.45) is 5.41 Å². The molecule has 2 aliphatic rings. The first-order chi connectivity index (χ1) is 10.8. The molecule has 1 heterocycles. The minimum atomic E-state index is 0.148. The van der Waals surface area contributed by atoms with E-state index in [1.54, 1.807) is 6.08 Å². The monoisotopic (exact) mass is 316 g/mol. The van der Waals surface area contributed by atoms with E-state index in [1.807, 2.05) is 11.8 Å². The maximum absolute atomic E-state index is 12.6. The molecule has 128 valence electrons. The highest BCUT2D eigenvalue weighted by Crippen LogP contribution is 2.40. The van der Waals surface area contributed by atoms with E-state index in [0.29, 0.717) is 0 Å². The quantitative estimate of drug-likeness (QED) is 0.731. The van der Waals surface area contributed by atoms with Crippen LogP contribution in [0.25, 0.3) is 0 Å². The van der Waals surface area contributed by atoms with Gasteiger partial charge in [0.05, 0.1) is 0 Å². The predicted octanol–water partition coefficient (Wildman–Crippen LogP) is 4.14. The second-order valence-corrected chi connectivity index (χ2v) is 7.67. The molecule has 0 saturated carbocycles. The van der Waals surface area contributed by atoms with E-state index < -0.39 is 0 Å². The van der Waals surface area contributed by atoms with Gasteiger partial charge in [0.25, 0.3) is 0 Å².